The van der Waals surface area contributed by atoms with Crippen LogP contribution < -0.4 is 5.56 Å². The molecule has 0 unspecified atom stereocenters. The zero-order chi connectivity index (χ0) is 21.7. The van der Waals surface area contributed by atoms with E-state index in [0.717, 1.165) is 36.3 Å². The molecule has 0 spiro atoms. The molecule has 0 atom stereocenters. The molecular weight excluding hydrogens is 398 g/mol. The normalized spacial score (nSPS) is 11.3. The van der Waals surface area contributed by atoms with Crippen LogP contribution in [0, 0.1) is 13.8 Å². The Hall–Kier alpha value is -2.38. The largest absolute Gasteiger partial charge is 0.383 e. The first-order chi connectivity index (χ1) is 14.5. The Kier molecular flexibility index (Phi) is 7.50. The van der Waals surface area contributed by atoms with Gasteiger partial charge in [-0.25, -0.2) is 4.98 Å². The highest BCUT2D eigenvalue weighted by atomic mass is 32.2. The highest BCUT2D eigenvalue weighted by molar-refractivity contribution is 7.99. The molecule has 0 saturated carbocycles. The van der Waals surface area contributed by atoms with Gasteiger partial charge in [0.15, 0.2) is 10.9 Å². The van der Waals surface area contributed by atoms with Gasteiger partial charge in [0.2, 0.25) is 0 Å². The van der Waals surface area contributed by atoms with Gasteiger partial charge >= 0.3 is 0 Å². The molecule has 30 heavy (non-hydrogen) atoms. The summed E-state index contributed by atoms with van der Waals surface area (Å²) in [6, 6.07) is 9.31. The number of carbonyl (C=O) groups excluding carboxylic acids is 1. The molecular formula is C23H29N3O3S. The van der Waals surface area contributed by atoms with Gasteiger partial charge in [0.25, 0.3) is 5.56 Å². The average molecular weight is 428 g/mol. The third-order valence-corrected chi connectivity index (χ3v) is 6.26. The number of para-hydroxylation sites is 1. The summed E-state index contributed by atoms with van der Waals surface area (Å²) < 4.78 is 8.99. The highest BCUT2D eigenvalue weighted by Gasteiger charge is 2.18. The lowest BCUT2D eigenvalue weighted by atomic mass is 10.2. The van der Waals surface area contributed by atoms with Crippen LogP contribution in [0.3, 0.4) is 0 Å². The van der Waals surface area contributed by atoms with E-state index in [4.69, 9.17) is 9.72 Å². The third kappa shape index (κ3) is 4.68. The zero-order valence-electron chi connectivity index (χ0n) is 18.1. The van der Waals surface area contributed by atoms with Crippen molar-refractivity contribution in [1.82, 2.24) is 14.1 Å². The monoisotopic (exact) mass is 427 g/mol. The molecule has 0 saturated heterocycles. The highest BCUT2D eigenvalue weighted by Crippen LogP contribution is 2.22. The Balaban J connectivity index is 1.86. The van der Waals surface area contributed by atoms with E-state index in [1.807, 2.05) is 44.2 Å². The average Bonchev–Trinajstić information content (AvgIpc) is 3.03. The Morgan fingerprint density at radius 1 is 1.17 bits per heavy atom. The predicted octanol–water partition coefficient (Wildman–Crippen LogP) is 4.24. The zero-order valence-corrected chi connectivity index (χ0v) is 18.9. The number of carbonyl (C=O) groups is 1. The van der Waals surface area contributed by atoms with E-state index in [2.05, 4.69) is 11.5 Å². The Morgan fingerprint density at radius 3 is 2.67 bits per heavy atom. The maximum Gasteiger partial charge on any atom is 0.262 e. The number of rotatable bonds is 10. The number of fused-ring (bicyclic) bond motifs is 1. The molecule has 0 aliphatic rings. The molecule has 6 nitrogen and oxygen atoms in total. The van der Waals surface area contributed by atoms with E-state index >= 15 is 0 Å². The first-order valence-corrected chi connectivity index (χ1v) is 11.3. The van der Waals surface area contributed by atoms with Crippen molar-refractivity contribution in [3.63, 3.8) is 0 Å². The van der Waals surface area contributed by atoms with Crippen LogP contribution >= 0.6 is 11.8 Å². The maximum atomic E-state index is 13.0. The molecule has 0 radical (unpaired) electrons. The number of hydrogen-bond acceptors (Lipinski definition) is 5. The van der Waals surface area contributed by atoms with Crippen LogP contribution in [0.2, 0.25) is 0 Å². The summed E-state index contributed by atoms with van der Waals surface area (Å²) in [5.74, 6) is 0.284. The number of Topliss-reactive ketones (excluding diaryl/α,β-unsaturated/α-hetero) is 1. The van der Waals surface area contributed by atoms with Gasteiger partial charge in [0, 0.05) is 37.2 Å². The van der Waals surface area contributed by atoms with Crippen molar-refractivity contribution >= 4 is 28.4 Å². The molecule has 0 fully saturated rings. The second-order valence-corrected chi connectivity index (χ2v) is 8.31. The fourth-order valence-electron chi connectivity index (χ4n) is 3.59. The summed E-state index contributed by atoms with van der Waals surface area (Å²) in [7, 11) is 1.67. The van der Waals surface area contributed by atoms with E-state index in [-0.39, 0.29) is 17.1 Å². The lowest BCUT2D eigenvalue weighted by molar-refractivity contribution is 0.102. The molecule has 1 aromatic carbocycles. The Morgan fingerprint density at radius 2 is 1.93 bits per heavy atom. The molecule has 2 aromatic heterocycles. The van der Waals surface area contributed by atoms with Gasteiger partial charge < -0.3 is 9.30 Å². The standard InChI is InChI=1S/C23H29N3O3S/c1-5-6-11-26-22(28)18-9-7-8-10-20(18)24-23(26)30-15-21(27)19-14-16(2)25(17(19)3)12-13-29-4/h7-10,14H,5-6,11-13,15H2,1-4H3. The van der Waals surface area contributed by atoms with E-state index < -0.39 is 0 Å². The van der Waals surface area contributed by atoms with Crippen molar-refractivity contribution in [3.05, 3.63) is 57.6 Å². The molecule has 3 rings (SSSR count). The number of ketones is 1. The maximum absolute atomic E-state index is 13.0. The van der Waals surface area contributed by atoms with Crippen LogP contribution in [0.1, 0.15) is 41.5 Å². The van der Waals surface area contributed by atoms with Crippen LogP contribution in [-0.4, -0.2) is 39.4 Å². The molecule has 7 heteroatoms. The van der Waals surface area contributed by atoms with Gasteiger partial charge in [-0.1, -0.05) is 37.2 Å². The van der Waals surface area contributed by atoms with E-state index in [1.165, 1.54) is 11.8 Å². The number of benzene rings is 1. The van der Waals surface area contributed by atoms with Crippen LogP contribution in [0.15, 0.2) is 40.3 Å². The lowest BCUT2D eigenvalue weighted by Gasteiger charge is -2.12. The topological polar surface area (TPSA) is 66.1 Å². The van der Waals surface area contributed by atoms with Gasteiger partial charge in [-0.3, -0.25) is 14.2 Å². The Labute approximate surface area is 181 Å². The van der Waals surface area contributed by atoms with E-state index in [0.29, 0.717) is 29.2 Å². The summed E-state index contributed by atoms with van der Waals surface area (Å²) >= 11 is 1.34. The van der Waals surface area contributed by atoms with Gasteiger partial charge in [-0.05, 0) is 38.5 Å². The molecule has 0 amide bonds. The minimum absolute atomic E-state index is 0.0401. The number of aryl methyl sites for hydroxylation is 1. The second-order valence-electron chi connectivity index (χ2n) is 7.36. The number of methoxy groups -OCH3 is 1. The van der Waals surface area contributed by atoms with Crippen molar-refractivity contribution in [3.8, 4) is 0 Å². The van der Waals surface area contributed by atoms with Gasteiger partial charge in [0.1, 0.15) is 0 Å². The molecule has 160 valence electrons. The van der Waals surface area contributed by atoms with Crippen molar-refractivity contribution in [2.24, 2.45) is 0 Å². The first-order valence-electron chi connectivity index (χ1n) is 10.3. The number of aromatic nitrogens is 3. The van der Waals surface area contributed by atoms with E-state index in [1.54, 1.807) is 11.7 Å². The molecule has 0 N–H and O–H groups in total. The number of thioether (sulfide) groups is 1. The predicted molar refractivity (Wildman–Crippen MR) is 122 cm³/mol. The summed E-state index contributed by atoms with van der Waals surface area (Å²) in [5.41, 5.74) is 3.34. The van der Waals surface area contributed by atoms with E-state index in [9.17, 15) is 9.59 Å². The van der Waals surface area contributed by atoms with Crippen molar-refractivity contribution < 1.29 is 9.53 Å². The van der Waals surface area contributed by atoms with Crippen molar-refractivity contribution in [2.75, 3.05) is 19.5 Å². The van der Waals surface area contributed by atoms with Gasteiger partial charge in [-0.15, -0.1) is 0 Å². The quantitative estimate of drug-likeness (QED) is 0.275. The number of unbranched alkanes of at least 4 members (excludes halogenated alkanes) is 1. The molecule has 2 heterocycles. The second kappa shape index (κ2) is 10.1. The summed E-state index contributed by atoms with van der Waals surface area (Å²) in [6.45, 7) is 7.98. The first kappa shape index (κ1) is 22.3. The van der Waals surface area contributed by atoms with Crippen molar-refractivity contribution in [1.29, 1.82) is 0 Å². The SMILES string of the molecule is CCCCn1c(SCC(=O)c2cc(C)n(CCOC)c2C)nc2ccccc2c1=O. The summed E-state index contributed by atoms with van der Waals surface area (Å²) in [4.78, 5) is 30.6. The van der Waals surface area contributed by atoms with Gasteiger partial charge in [-0.2, -0.15) is 0 Å². The smallest absolute Gasteiger partial charge is 0.262 e. The molecule has 0 aliphatic carbocycles. The lowest BCUT2D eigenvalue weighted by Crippen LogP contribution is -2.24. The number of hydrogen-bond donors (Lipinski definition) is 0. The minimum Gasteiger partial charge on any atom is -0.383 e. The summed E-state index contributed by atoms with van der Waals surface area (Å²) in [6.07, 6.45) is 1.87. The van der Waals surface area contributed by atoms with Crippen LogP contribution in [-0.2, 0) is 17.8 Å². The minimum atomic E-state index is -0.0401. The molecule has 0 aliphatic heterocycles. The molecule has 0 bridgehead atoms. The Bertz CT molecular complexity index is 1100. The third-order valence-electron chi connectivity index (χ3n) is 5.29. The van der Waals surface area contributed by atoms with Crippen LogP contribution in [0.25, 0.3) is 10.9 Å². The summed E-state index contributed by atoms with van der Waals surface area (Å²) in [5, 5.41) is 1.22. The van der Waals surface area contributed by atoms with Crippen molar-refractivity contribution in [2.45, 2.75) is 51.9 Å². The number of ether oxygens (including phenoxy) is 1. The number of nitrogens with zero attached hydrogens (tertiary/aromatic N) is 3. The fraction of sp³-hybridized carbons (Fsp3) is 0.435. The van der Waals surface area contributed by atoms with Crippen LogP contribution in [0.4, 0.5) is 0 Å². The van der Waals surface area contributed by atoms with Crippen LogP contribution in [0.5, 0.6) is 0 Å². The fourth-order valence-corrected chi connectivity index (χ4v) is 4.50. The van der Waals surface area contributed by atoms with Gasteiger partial charge in [0.05, 0.1) is 23.3 Å². The molecule has 3 aromatic rings.